The molecule has 29 heavy (non-hydrogen) atoms. The van der Waals surface area contributed by atoms with Gasteiger partial charge in [-0.25, -0.2) is 4.68 Å². The van der Waals surface area contributed by atoms with E-state index in [2.05, 4.69) is 32.6 Å². The van der Waals surface area contributed by atoms with Crippen LogP contribution in [0.2, 0.25) is 0 Å². The zero-order valence-corrected chi connectivity index (χ0v) is 16.4. The third kappa shape index (κ3) is 4.37. The van der Waals surface area contributed by atoms with Crippen LogP contribution in [0.15, 0.2) is 54.6 Å². The topological polar surface area (TPSA) is 76.4 Å². The molecule has 1 amide bonds. The molecule has 0 atom stereocenters. The molecule has 2 aromatic carbocycles. The highest BCUT2D eigenvalue weighted by Gasteiger charge is 2.22. The lowest BCUT2D eigenvalue weighted by molar-refractivity contribution is 0.0746. The van der Waals surface area contributed by atoms with Gasteiger partial charge in [0.15, 0.2) is 5.82 Å². The van der Waals surface area contributed by atoms with E-state index in [1.807, 2.05) is 48.2 Å². The fourth-order valence-corrected chi connectivity index (χ4v) is 3.43. The van der Waals surface area contributed by atoms with Crippen LogP contribution in [-0.4, -0.2) is 57.2 Å². The Labute approximate surface area is 169 Å². The van der Waals surface area contributed by atoms with Crippen molar-refractivity contribution in [3.63, 3.8) is 0 Å². The van der Waals surface area contributed by atoms with Gasteiger partial charge in [0.1, 0.15) is 12.4 Å². The smallest absolute Gasteiger partial charge is 0.254 e. The van der Waals surface area contributed by atoms with Crippen molar-refractivity contribution in [2.24, 2.45) is 0 Å². The van der Waals surface area contributed by atoms with Crippen LogP contribution in [-0.2, 0) is 13.2 Å². The van der Waals surface area contributed by atoms with Crippen molar-refractivity contribution in [3.8, 4) is 5.75 Å². The number of ether oxygens (including phenoxy) is 1. The van der Waals surface area contributed by atoms with Crippen molar-refractivity contribution < 1.29 is 9.53 Å². The van der Waals surface area contributed by atoms with E-state index in [9.17, 15) is 4.79 Å². The standard InChI is InChI=1S/C21H24N6O2/c1-2-27-20(22-23-24-27)16-29-19-10-6-7-17(15-19)21(28)26-13-11-25(12-14-26)18-8-4-3-5-9-18/h3-10,15H,2,11-14,16H2,1H3. The number of hydrogen-bond donors (Lipinski definition) is 0. The lowest BCUT2D eigenvalue weighted by atomic mass is 10.1. The molecule has 1 aromatic heterocycles. The van der Waals surface area contributed by atoms with Crippen molar-refractivity contribution in [3.05, 3.63) is 66.0 Å². The summed E-state index contributed by atoms with van der Waals surface area (Å²) in [7, 11) is 0. The molecule has 4 rings (SSSR count). The first-order valence-corrected chi connectivity index (χ1v) is 9.82. The Morgan fingerprint density at radius 1 is 1.03 bits per heavy atom. The van der Waals surface area contributed by atoms with Crippen molar-refractivity contribution in [1.82, 2.24) is 25.1 Å². The van der Waals surface area contributed by atoms with E-state index >= 15 is 0 Å². The number of carbonyl (C=O) groups is 1. The van der Waals surface area contributed by atoms with Gasteiger partial charge < -0.3 is 14.5 Å². The normalized spacial score (nSPS) is 14.1. The minimum absolute atomic E-state index is 0.0292. The molecule has 150 valence electrons. The van der Waals surface area contributed by atoms with Crippen molar-refractivity contribution in [2.45, 2.75) is 20.1 Å². The van der Waals surface area contributed by atoms with Gasteiger partial charge in [-0.15, -0.1) is 5.10 Å². The van der Waals surface area contributed by atoms with Gasteiger partial charge in [0, 0.05) is 44.0 Å². The maximum atomic E-state index is 12.9. The van der Waals surface area contributed by atoms with E-state index in [-0.39, 0.29) is 12.5 Å². The van der Waals surface area contributed by atoms with Crippen molar-refractivity contribution >= 4 is 11.6 Å². The molecule has 0 radical (unpaired) electrons. The van der Waals surface area contributed by atoms with Gasteiger partial charge in [0.25, 0.3) is 5.91 Å². The Hall–Kier alpha value is -3.42. The van der Waals surface area contributed by atoms with Crippen molar-refractivity contribution in [2.75, 3.05) is 31.1 Å². The van der Waals surface area contributed by atoms with Gasteiger partial charge in [-0.2, -0.15) is 0 Å². The number of para-hydroxylation sites is 1. The molecule has 8 nitrogen and oxygen atoms in total. The summed E-state index contributed by atoms with van der Waals surface area (Å²) in [5, 5.41) is 11.5. The number of aryl methyl sites for hydroxylation is 1. The largest absolute Gasteiger partial charge is 0.486 e. The summed E-state index contributed by atoms with van der Waals surface area (Å²) >= 11 is 0. The lowest BCUT2D eigenvalue weighted by Gasteiger charge is -2.36. The third-order valence-electron chi connectivity index (χ3n) is 5.04. The molecule has 3 aromatic rings. The minimum Gasteiger partial charge on any atom is -0.486 e. The maximum absolute atomic E-state index is 12.9. The summed E-state index contributed by atoms with van der Waals surface area (Å²) < 4.78 is 7.49. The van der Waals surface area contributed by atoms with Crippen LogP contribution < -0.4 is 9.64 Å². The Balaban J connectivity index is 1.36. The molecular formula is C21H24N6O2. The first-order chi connectivity index (χ1) is 14.2. The molecule has 1 fully saturated rings. The van der Waals surface area contributed by atoms with Crippen LogP contribution in [0.3, 0.4) is 0 Å². The molecule has 0 aliphatic carbocycles. The first kappa shape index (κ1) is 18.9. The monoisotopic (exact) mass is 392 g/mol. The number of nitrogens with zero attached hydrogens (tertiary/aromatic N) is 6. The second kappa shape index (κ2) is 8.72. The number of aromatic nitrogens is 4. The highest BCUT2D eigenvalue weighted by atomic mass is 16.5. The zero-order valence-electron chi connectivity index (χ0n) is 16.4. The molecule has 1 aliphatic rings. The SMILES string of the molecule is CCn1nnnc1COc1cccc(C(=O)N2CCN(c3ccccc3)CC2)c1. The predicted octanol–water partition coefficient (Wildman–Crippen LogP) is 2.23. The zero-order chi connectivity index (χ0) is 20.1. The van der Waals surface area contributed by atoms with Gasteiger partial charge >= 0.3 is 0 Å². The number of carbonyl (C=O) groups excluding carboxylic acids is 1. The fourth-order valence-electron chi connectivity index (χ4n) is 3.43. The molecule has 0 unspecified atom stereocenters. The number of anilines is 1. The summed E-state index contributed by atoms with van der Waals surface area (Å²) in [6.45, 7) is 5.95. The van der Waals surface area contributed by atoms with Crippen LogP contribution in [0.5, 0.6) is 5.75 Å². The molecule has 1 saturated heterocycles. The number of rotatable bonds is 6. The molecule has 1 aliphatic heterocycles. The summed E-state index contributed by atoms with van der Waals surface area (Å²) in [6, 6.07) is 17.6. The average Bonchev–Trinajstić information content (AvgIpc) is 3.26. The molecular weight excluding hydrogens is 368 g/mol. The van der Waals surface area contributed by atoms with Crippen LogP contribution in [0.1, 0.15) is 23.1 Å². The highest BCUT2D eigenvalue weighted by molar-refractivity contribution is 5.94. The Morgan fingerprint density at radius 2 is 1.83 bits per heavy atom. The quantitative estimate of drug-likeness (QED) is 0.640. The molecule has 0 bridgehead atoms. The average molecular weight is 392 g/mol. The Morgan fingerprint density at radius 3 is 2.59 bits per heavy atom. The van der Waals surface area contributed by atoms with Crippen LogP contribution in [0.25, 0.3) is 0 Å². The third-order valence-corrected chi connectivity index (χ3v) is 5.04. The molecule has 2 heterocycles. The number of benzene rings is 2. The molecule has 0 N–H and O–H groups in total. The fraction of sp³-hybridized carbons (Fsp3) is 0.333. The molecule has 0 spiro atoms. The van der Waals surface area contributed by atoms with Crippen molar-refractivity contribution in [1.29, 1.82) is 0 Å². The predicted molar refractivity (Wildman–Crippen MR) is 109 cm³/mol. The van der Waals surface area contributed by atoms with Gasteiger partial charge in [-0.05, 0) is 47.7 Å². The Kier molecular flexibility index (Phi) is 5.69. The second-order valence-corrected chi connectivity index (χ2v) is 6.84. The minimum atomic E-state index is 0.0292. The summed E-state index contributed by atoms with van der Waals surface area (Å²) in [4.78, 5) is 17.1. The van der Waals surface area contributed by atoms with Gasteiger partial charge in [-0.3, -0.25) is 4.79 Å². The first-order valence-electron chi connectivity index (χ1n) is 9.82. The van der Waals surface area contributed by atoms with E-state index in [1.165, 1.54) is 5.69 Å². The molecule has 8 heteroatoms. The van der Waals surface area contributed by atoms with E-state index < -0.39 is 0 Å². The van der Waals surface area contributed by atoms with Gasteiger partial charge in [0.2, 0.25) is 0 Å². The maximum Gasteiger partial charge on any atom is 0.254 e. The number of amides is 1. The summed E-state index contributed by atoms with van der Waals surface area (Å²) in [5.41, 5.74) is 1.83. The molecule has 0 saturated carbocycles. The second-order valence-electron chi connectivity index (χ2n) is 6.84. The highest BCUT2D eigenvalue weighted by Crippen LogP contribution is 2.19. The summed E-state index contributed by atoms with van der Waals surface area (Å²) in [5.74, 6) is 1.31. The Bertz CT molecular complexity index is 951. The van der Waals surface area contributed by atoms with Crippen LogP contribution >= 0.6 is 0 Å². The van der Waals surface area contributed by atoms with E-state index in [0.29, 0.717) is 36.8 Å². The number of piperazine rings is 1. The summed E-state index contributed by atoms with van der Waals surface area (Å²) in [6.07, 6.45) is 0. The van der Waals surface area contributed by atoms with E-state index in [4.69, 9.17) is 4.74 Å². The van der Waals surface area contributed by atoms with Crippen LogP contribution in [0.4, 0.5) is 5.69 Å². The van der Waals surface area contributed by atoms with E-state index in [1.54, 1.807) is 10.7 Å². The number of hydrogen-bond acceptors (Lipinski definition) is 6. The van der Waals surface area contributed by atoms with E-state index in [0.717, 1.165) is 13.1 Å². The number of tetrazole rings is 1. The van der Waals surface area contributed by atoms with Gasteiger partial charge in [0.05, 0.1) is 0 Å². The van der Waals surface area contributed by atoms with Gasteiger partial charge in [-0.1, -0.05) is 24.3 Å². The van der Waals surface area contributed by atoms with Crippen LogP contribution in [0, 0.1) is 0 Å². The lowest BCUT2D eigenvalue weighted by Crippen LogP contribution is -2.48.